The van der Waals surface area contributed by atoms with E-state index in [4.69, 9.17) is 0 Å². The molecule has 2 fully saturated rings. The molecule has 0 saturated carbocycles. The van der Waals surface area contributed by atoms with Crippen LogP contribution in [0.5, 0.6) is 0 Å². The third-order valence-corrected chi connectivity index (χ3v) is 5.62. The summed E-state index contributed by atoms with van der Waals surface area (Å²) in [4.78, 5) is 29.2. The molecule has 0 aromatic heterocycles. The van der Waals surface area contributed by atoms with Crippen LogP contribution in [0, 0.1) is 0 Å². The Hall–Kier alpha value is -2.10. The third-order valence-electron chi connectivity index (χ3n) is 5.62. The lowest BCUT2D eigenvalue weighted by Gasteiger charge is -2.38. The summed E-state index contributed by atoms with van der Waals surface area (Å²) in [5.41, 5.74) is 1.78. The predicted octanol–water partition coefficient (Wildman–Crippen LogP) is 3.35. The van der Waals surface area contributed by atoms with Crippen LogP contribution in [-0.2, 0) is 9.59 Å². The minimum atomic E-state index is 0.0255. The molecule has 3 atom stereocenters. The SMILES string of the molecule is C=C(C)C(=O)N1C[C@@H](c2ccccc2)[C@H]2[C@@H]1CCCCCN2C(C)=O. The Morgan fingerprint density at radius 2 is 1.76 bits per heavy atom. The van der Waals surface area contributed by atoms with Gasteiger partial charge in [0.25, 0.3) is 0 Å². The standard InChI is InChI=1S/C21H28N2O2/c1-15(2)21(25)23-14-18(17-10-6-4-7-11-17)20-19(23)12-8-5-9-13-22(20)16(3)24/h4,6-7,10-11,18-20H,1,5,8-9,12-14H2,2-3H3/t18-,19-,20-/m0/s1. The van der Waals surface area contributed by atoms with Gasteiger partial charge in [0.05, 0.1) is 12.1 Å². The normalized spacial score (nSPS) is 26.6. The highest BCUT2D eigenvalue weighted by molar-refractivity contribution is 5.93. The van der Waals surface area contributed by atoms with Crippen LogP contribution < -0.4 is 0 Å². The molecule has 2 aliphatic heterocycles. The zero-order valence-electron chi connectivity index (χ0n) is 15.3. The lowest BCUT2D eigenvalue weighted by molar-refractivity contribution is -0.135. The quantitative estimate of drug-likeness (QED) is 0.775. The van der Waals surface area contributed by atoms with Gasteiger partial charge in [0.15, 0.2) is 0 Å². The van der Waals surface area contributed by atoms with Gasteiger partial charge in [-0.1, -0.05) is 49.8 Å². The van der Waals surface area contributed by atoms with E-state index in [-0.39, 0.29) is 29.8 Å². The molecule has 2 aliphatic rings. The van der Waals surface area contributed by atoms with Gasteiger partial charge < -0.3 is 9.80 Å². The summed E-state index contributed by atoms with van der Waals surface area (Å²) in [6.07, 6.45) is 4.21. The second-order valence-electron chi connectivity index (χ2n) is 7.37. The van der Waals surface area contributed by atoms with Crippen molar-refractivity contribution in [3.63, 3.8) is 0 Å². The summed E-state index contributed by atoms with van der Waals surface area (Å²) in [5, 5.41) is 0. The van der Waals surface area contributed by atoms with Crippen molar-refractivity contribution in [3.8, 4) is 0 Å². The number of carbonyl (C=O) groups is 2. The molecule has 0 N–H and O–H groups in total. The topological polar surface area (TPSA) is 40.6 Å². The highest BCUT2D eigenvalue weighted by Gasteiger charge is 2.47. The van der Waals surface area contributed by atoms with Crippen LogP contribution in [0.2, 0.25) is 0 Å². The summed E-state index contributed by atoms with van der Waals surface area (Å²) >= 11 is 0. The number of likely N-dealkylation sites (tertiary alicyclic amines) is 2. The molecule has 0 spiro atoms. The number of fused-ring (bicyclic) bond motifs is 1. The zero-order chi connectivity index (χ0) is 18.0. The molecule has 134 valence electrons. The fourth-order valence-corrected chi connectivity index (χ4v) is 4.47. The highest BCUT2D eigenvalue weighted by atomic mass is 16.2. The zero-order valence-corrected chi connectivity index (χ0v) is 15.3. The first-order valence-electron chi connectivity index (χ1n) is 9.29. The van der Waals surface area contributed by atoms with E-state index < -0.39 is 0 Å². The largest absolute Gasteiger partial charge is 0.337 e. The summed E-state index contributed by atoms with van der Waals surface area (Å²) < 4.78 is 0. The van der Waals surface area contributed by atoms with Crippen molar-refractivity contribution in [1.29, 1.82) is 0 Å². The summed E-state index contributed by atoms with van der Waals surface area (Å²) in [6.45, 7) is 8.74. The van der Waals surface area contributed by atoms with Crippen LogP contribution in [-0.4, -0.2) is 46.8 Å². The van der Waals surface area contributed by atoms with Crippen molar-refractivity contribution in [2.24, 2.45) is 0 Å². The van der Waals surface area contributed by atoms with E-state index in [1.807, 2.05) is 28.0 Å². The Balaban J connectivity index is 2.03. The molecule has 0 aliphatic carbocycles. The maximum absolute atomic E-state index is 12.8. The van der Waals surface area contributed by atoms with Gasteiger partial charge in [0.2, 0.25) is 11.8 Å². The lowest BCUT2D eigenvalue weighted by Crippen LogP contribution is -2.51. The van der Waals surface area contributed by atoms with Gasteiger partial charge >= 0.3 is 0 Å². The Morgan fingerprint density at radius 3 is 2.40 bits per heavy atom. The van der Waals surface area contributed by atoms with Gasteiger partial charge in [-0.05, 0) is 25.3 Å². The molecular weight excluding hydrogens is 312 g/mol. The maximum Gasteiger partial charge on any atom is 0.249 e. The molecule has 0 bridgehead atoms. The first-order valence-corrected chi connectivity index (χ1v) is 9.29. The van der Waals surface area contributed by atoms with Gasteiger partial charge in [0, 0.05) is 31.5 Å². The second kappa shape index (κ2) is 7.42. The monoisotopic (exact) mass is 340 g/mol. The van der Waals surface area contributed by atoms with Crippen LogP contribution in [0.3, 0.4) is 0 Å². The summed E-state index contributed by atoms with van der Waals surface area (Å²) in [7, 11) is 0. The van der Waals surface area contributed by atoms with E-state index in [1.54, 1.807) is 13.8 Å². The molecule has 0 unspecified atom stereocenters. The first kappa shape index (κ1) is 17.7. The average molecular weight is 340 g/mol. The van der Waals surface area contributed by atoms with Crippen molar-refractivity contribution >= 4 is 11.8 Å². The van der Waals surface area contributed by atoms with Crippen molar-refractivity contribution in [2.75, 3.05) is 13.1 Å². The molecule has 1 aromatic rings. The lowest BCUT2D eigenvalue weighted by atomic mass is 9.87. The first-order chi connectivity index (χ1) is 12.0. The summed E-state index contributed by atoms with van der Waals surface area (Å²) in [6, 6.07) is 10.5. The maximum atomic E-state index is 12.8. The smallest absolute Gasteiger partial charge is 0.249 e. The number of carbonyl (C=O) groups excluding carboxylic acids is 2. The molecule has 2 heterocycles. The number of amides is 2. The third kappa shape index (κ3) is 3.48. The van der Waals surface area contributed by atoms with Crippen LogP contribution in [0.1, 0.15) is 51.0 Å². The van der Waals surface area contributed by atoms with E-state index >= 15 is 0 Å². The highest BCUT2D eigenvalue weighted by Crippen LogP contribution is 2.39. The minimum Gasteiger partial charge on any atom is -0.337 e. The molecule has 25 heavy (non-hydrogen) atoms. The van der Waals surface area contributed by atoms with Gasteiger partial charge in [-0.2, -0.15) is 0 Å². The Kier molecular flexibility index (Phi) is 5.26. The van der Waals surface area contributed by atoms with E-state index in [9.17, 15) is 9.59 Å². The number of nitrogens with zero attached hydrogens (tertiary/aromatic N) is 2. The van der Waals surface area contributed by atoms with E-state index in [0.29, 0.717) is 12.1 Å². The van der Waals surface area contributed by atoms with Gasteiger partial charge in [-0.15, -0.1) is 0 Å². The van der Waals surface area contributed by atoms with Crippen molar-refractivity contribution in [1.82, 2.24) is 9.80 Å². The predicted molar refractivity (Wildman–Crippen MR) is 99.1 cm³/mol. The molecule has 4 nitrogen and oxygen atoms in total. The van der Waals surface area contributed by atoms with Crippen molar-refractivity contribution in [2.45, 2.75) is 57.5 Å². The number of hydrogen-bond donors (Lipinski definition) is 0. The van der Waals surface area contributed by atoms with Gasteiger partial charge in [-0.3, -0.25) is 9.59 Å². The number of rotatable bonds is 2. The molecule has 0 radical (unpaired) electrons. The van der Waals surface area contributed by atoms with Gasteiger partial charge in [0.1, 0.15) is 0 Å². The van der Waals surface area contributed by atoms with Gasteiger partial charge in [-0.25, -0.2) is 0 Å². The number of benzene rings is 1. The Labute approximate surface area is 150 Å². The van der Waals surface area contributed by atoms with Crippen LogP contribution in [0.15, 0.2) is 42.5 Å². The molecule has 4 heteroatoms. The van der Waals surface area contributed by atoms with Crippen LogP contribution in [0.25, 0.3) is 0 Å². The van der Waals surface area contributed by atoms with Crippen molar-refractivity contribution < 1.29 is 9.59 Å². The number of hydrogen-bond acceptors (Lipinski definition) is 2. The van der Waals surface area contributed by atoms with E-state index in [2.05, 4.69) is 18.7 Å². The fourth-order valence-electron chi connectivity index (χ4n) is 4.47. The second-order valence-corrected chi connectivity index (χ2v) is 7.37. The molecule has 2 saturated heterocycles. The minimum absolute atomic E-state index is 0.0255. The van der Waals surface area contributed by atoms with Crippen LogP contribution in [0.4, 0.5) is 0 Å². The summed E-state index contributed by atoms with van der Waals surface area (Å²) in [5.74, 6) is 0.302. The van der Waals surface area contributed by atoms with Crippen LogP contribution >= 0.6 is 0 Å². The Bertz CT molecular complexity index is 655. The molecule has 3 rings (SSSR count). The Morgan fingerprint density at radius 1 is 1.04 bits per heavy atom. The molecular formula is C21H28N2O2. The van der Waals surface area contributed by atoms with Crippen molar-refractivity contribution in [3.05, 3.63) is 48.0 Å². The molecule has 2 amide bonds. The van der Waals surface area contributed by atoms with E-state index in [0.717, 1.165) is 32.2 Å². The molecule has 1 aromatic carbocycles. The fraction of sp³-hybridized carbons (Fsp3) is 0.524. The van der Waals surface area contributed by atoms with E-state index in [1.165, 1.54) is 5.56 Å². The average Bonchev–Trinajstić information content (AvgIpc) is 2.92.